The Morgan fingerprint density at radius 1 is 1.41 bits per heavy atom. The van der Waals surface area contributed by atoms with Crippen molar-refractivity contribution in [3.63, 3.8) is 0 Å². The van der Waals surface area contributed by atoms with Gasteiger partial charge in [0.2, 0.25) is 0 Å². The molecule has 0 unspecified atom stereocenters. The molecule has 2 heterocycles. The van der Waals surface area contributed by atoms with Crippen LogP contribution in [0.3, 0.4) is 0 Å². The number of rotatable bonds is 5. The molecule has 0 aliphatic rings. The summed E-state index contributed by atoms with van der Waals surface area (Å²) in [7, 11) is 0. The van der Waals surface area contributed by atoms with E-state index in [-0.39, 0.29) is 0 Å². The minimum atomic E-state index is 0.717. The number of nitrogens with one attached hydrogen (secondary N) is 1. The summed E-state index contributed by atoms with van der Waals surface area (Å²) in [5, 5.41) is 8.23. The molecule has 17 heavy (non-hydrogen) atoms. The van der Waals surface area contributed by atoms with E-state index in [9.17, 15) is 0 Å². The van der Waals surface area contributed by atoms with E-state index in [1.54, 1.807) is 12.4 Å². The number of hydrogen-bond donors (Lipinski definition) is 1. The second-order valence-corrected chi connectivity index (χ2v) is 4.21. The van der Waals surface area contributed by atoms with E-state index in [0.29, 0.717) is 0 Å². The van der Waals surface area contributed by atoms with Crippen molar-refractivity contribution < 1.29 is 0 Å². The fourth-order valence-corrected chi connectivity index (χ4v) is 1.69. The molecule has 4 nitrogen and oxygen atoms in total. The van der Waals surface area contributed by atoms with E-state index in [0.717, 1.165) is 36.0 Å². The second kappa shape index (κ2) is 5.80. The summed E-state index contributed by atoms with van der Waals surface area (Å²) in [6.07, 6.45) is 3.48. The van der Waals surface area contributed by atoms with E-state index in [2.05, 4.69) is 15.4 Å². The van der Waals surface area contributed by atoms with Crippen LogP contribution in [-0.4, -0.2) is 21.3 Å². The molecule has 0 atom stereocenters. The Labute approximate surface area is 106 Å². The van der Waals surface area contributed by atoms with Crippen LogP contribution >= 0.6 is 11.6 Å². The predicted octanol–water partition coefficient (Wildman–Crippen LogP) is 2.03. The Bertz CT molecular complexity index is 467. The predicted molar refractivity (Wildman–Crippen MR) is 67.9 cm³/mol. The first-order valence-electron chi connectivity index (χ1n) is 5.56. The van der Waals surface area contributed by atoms with Crippen LogP contribution in [0.4, 0.5) is 0 Å². The normalized spacial score (nSPS) is 10.7. The van der Waals surface area contributed by atoms with E-state index in [1.165, 1.54) is 0 Å². The van der Waals surface area contributed by atoms with Crippen molar-refractivity contribution in [3.05, 3.63) is 47.0 Å². The van der Waals surface area contributed by atoms with E-state index >= 15 is 0 Å². The Morgan fingerprint density at radius 3 is 2.94 bits per heavy atom. The van der Waals surface area contributed by atoms with Gasteiger partial charge in [-0.05, 0) is 19.1 Å². The molecule has 0 aromatic carbocycles. The van der Waals surface area contributed by atoms with Crippen LogP contribution < -0.4 is 5.32 Å². The molecule has 0 saturated carbocycles. The highest BCUT2D eigenvalue weighted by atomic mass is 35.5. The first kappa shape index (κ1) is 12.1. The highest BCUT2D eigenvalue weighted by Crippen LogP contribution is 2.12. The van der Waals surface area contributed by atoms with Crippen molar-refractivity contribution >= 4 is 11.6 Å². The van der Waals surface area contributed by atoms with Crippen LogP contribution in [0, 0.1) is 6.92 Å². The topological polar surface area (TPSA) is 42.7 Å². The van der Waals surface area contributed by atoms with Crippen molar-refractivity contribution in [2.75, 3.05) is 6.54 Å². The number of halogens is 1. The van der Waals surface area contributed by atoms with Gasteiger partial charge in [0.1, 0.15) is 0 Å². The fourth-order valence-electron chi connectivity index (χ4n) is 1.55. The average Bonchev–Trinajstić information content (AvgIpc) is 2.67. The summed E-state index contributed by atoms with van der Waals surface area (Å²) in [5.74, 6) is 0. The van der Waals surface area contributed by atoms with Gasteiger partial charge >= 0.3 is 0 Å². The third-order valence-corrected chi connectivity index (χ3v) is 2.95. The van der Waals surface area contributed by atoms with Crippen LogP contribution in [0.25, 0.3) is 0 Å². The van der Waals surface area contributed by atoms with Crippen LogP contribution in [0.15, 0.2) is 30.6 Å². The maximum atomic E-state index is 5.92. The number of hydrogen-bond acceptors (Lipinski definition) is 3. The monoisotopic (exact) mass is 250 g/mol. The van der Waals surface area contributed by atoms with Gasteiger partial charge in [0.25, 0.3) is 0 Å². The zero-order chi connectivity index (χ0) is 12.1. The molecule has 90 valence electrons. The van der Waals surface area contributed by atoms with Crippen molar-refractivity contribution in [2.24, 2.45) is 0 Å². The summed E-state index contributed by atoms with van der Waals surface area (Å²) in [6.45, 7) is 4.39. The molecule has 0 aliphatic carbocycles. The minimum Gasteiger partial charge on any atom is -0.309 e. The molecule has 0 spiro atoms. The molecule has 0 fully saturated rings. The third-order valence-electron chi connectivity index (χ3n) is 2.58. The summed E-state index contributed by atoms with van der Waals surface area (Å²) in [5.41, 5.74) is 2.05. The maximum absolute atomic E-state index is 5.92. The zero-order valence-corrected chi connectivity index (χ0v) is 10.5. The summed E-state index contributed by atoms with van der Waals surface area (Å²) >= 11 is 5.92. The molecule has 0 saturated heterocycles. The van der Waals surface area contributed by atoms with E-state index in [1.807, 2.05) is 29.8 Å². The smallest absolute Gasteiger partial charge is 0.0814 e. The Morgan fingerprint density at radius 2 is 2.29 bits per heavy atom. The highest BCUT2D eigenvalue weighted by molar-refractivity contribution is 6.31. The molecule has 5 heteroatoms. The van der Waals surface area contributed by atoms with E-state index in [4.69, 9.17) is 11.6 Å². The standard InChI is InChI=1S/C12H15ClN4/c1-10-12(13)9-16-17(10)7-6-14-8-11-4-2-3-5-15-11/h2-5,9,14H,6-8H2,1H3. The van der Waals surface area contributed by atoms with Crippen LogP contribution in [0.5, 0.6) is 0 Å². The molecular weight excluding hydrogens is 236 g/mol. The largest absolute Gasteiger partial charge is 0.309 e. The van der Waals surface area contributed by atoms with Gasteiger partial charge in [-0.3, -0.25) is 9.67 Å². The van der Waals surface area contributed by atoms with Gasteiger partial charge in [-0.25, -0.2) is 0 Å². The molecule has 0 amide bonds. The van der Waals surface area contributed by atoms with Crippen molar-refractivity contribution in [1.29, 1.82) is 0 Å². The lowest BCUT2D eigenvalue weighted by Gasteiger charge is -2.06. The number of nitrogens with zero attached hydrogens (tertiary/aromatic N) is 3. The quantitative estimate of drug-likeness (QED) is 0.826. The Hall–Kier alpha value is -1.39. The van der Waals surface area contributed by atoms with Crippen molar-refractivity contribution in [1.82, 2.24) is 20.1 Å². The molecule has 0 bridgehead atoms. The molecule has 2 rings (SSSR count). The van der Waals surface area contributed by atoms with Gasteiger partial charge < -0.3 is 5.32 Å². The molecule has 0 aliphatic heterocycles. The van der Waals surface area contributed by atoms with Crippen molar-refractivity contribution in [3.8, 4) is 0 Å². The lowest BCUT2D eigenvalue weighted by atomic mass is 10.3. The van der Waals surface area contributed by atoms with Crippen LogP contribution in [-0.2, 0) is 13.1 Å². The van der Waals surface area contributed by atoms with Gasteiger partial charge in [-0.1, -0.05) is 17.7 Å². The summed E-state index contributed by atoms with van der Waals surface area (Å²) in [4.78, 5) is 4.24. The number of pyridine rings is 1. The van der Waals surface area contributed by atoms with Gasteiger partial charge in [0.15, 0.2) is 0 Å². The molecule has 2 aromatic rings. The second-order valence-electron chi connectivity index (χ2n) is 3.80. The van der Waals surface area contributed by atoms with Gasteiger partial charge in [-0.2, -0.15) is 5.10 Å². The van der Waals surface area contributed by atoms with E-state index < -0.39 is 0 Å². The van der Waals surface area contributed by atoms with Gasteiger partial charge in [-0.15, -0.1) is 0 Å². The Kier molecular flexibility index (Phi) is 4.12. The molecule has 2 aromatic heterocycles. The SMILES string of the molecule is Cc1c(Cl)cnn1CCNCc1ccccn1. The molecular formula is C12H15ClN4. The van der Waals surface area contributed by atoms with Gasteiger partial charge in [0.05, 0.1) is 29.2 Å². The molecule has 1 N–H and O–H groups in total. The Balaban J connectivity index is 1.75. The summed E-state index contributed by atoms with van der Waals surface area (Å²) in [6, 6.07) is 5.91. The average molecular weight is 251 g/mol. The van der Waals surface area contributed by atoms with Gasteiger partial charge in [0, 0.05) is 19.3 Å². The first-order chi connectivity index (χ1) is 8.27. The highest BCUT2D eigenvalue weighted by Gasteiger charge is 2.02. The number of aromatic nitrogens is 3. The van der Waals surface area contributed by atoms with Crippen LogP contribution in [0.1, 0.15) is 11.4 Å². The first-order valence-corrected chi connectivity index (χ1v) is 5.93. The lowest BCUT2D eigenvalue weighted by Crippen LogP contribution is -2.21. The van der Waals surface area contributed by atoms with Crippen molar-refractivity contribution in [2.45, 2.75) is 20.0 Å². The maximum Gasteiger partial charge on any atom is 0.0814 e. The third kappa shape index (κ3) is 3.28. The molecule has 0 radical (unpaired) electrons. The zero-order valence-electron chi connectivity index (χ0n) is 9.73. The van der Waals surface area contributed by atoms with Crippen LogP contribution in [0.2, 0.25) is 5.02 Å². The lowest BCUT2D eigenvalue weighted by molar-refractivity contribution is 0.542. The minimum absolute atomic E-state index is 0.717. The fraction of sp³-hybridized carbons (Fsp3) is 0.333. The summed E-state index contributed by atoms with van der Waals surface area (Å²) < 4.78 is 1.90.